The Labute approximate surface area is 167 Å². The topological polar surface area (TPSA) is 0 Å². The molecule has 0 bridgehead atoms. The SMILES string of the molecule is c1ccc2c(c1)CC(C1CCCCC1)C2(C1CCCCC1)C1CCCCC1. The molecule has 3 fully saturated rings. The molecule has 0 N–H and O–H groups in total. The maximum Gasteiger partial charge on any atom is 0.00462 e. The lowest BCUT2D eigenvalue weighted by Crippen LogP contribution is -2.50. The summed E-state index contributed by atoms with van der Waals surface area (Å²) in [5.41, 5.74) is 4.14. The van der Waals surface area contributed by atoms with E-state index >= 15 is 0 Å². The molecule has 0 heteroatoms. The molecular formula is C27H40. The largest absolute Gasteiger partial charge is 0.0620 e. The summed E-state index contributed by atoms with van der Waals surface area (Å²) in [5.74, 6) is 3.92. The van der Waals surface area contributed by atoms with Crippen molar-refractivity contribution in [3.63, 3.8) is 0 Å². The summed E-state index contributed by atoms with van der Waals surface area (Å²) in [5, 5.41) is 0. The van der Waals surface area contributed by atoms with Gasteiger partial charge in [0, 0.05) is 5.41 Å². The highest BCUT2D eigenvalue weighted by atomic mass is 14.6. The second kappa shape index (κ2) is 7.92. The van der Waals surface area contributed by atoms with Crippen LogP contribution in [0.3, 0.4) is 0 Å². The van der Waals surface area contributed by atoms with Gasteiger partial charge in [0.1, 0.15) is 0 Å². The van der Waals surface area contributed by atoms with E-state index in [1.807, 2.05) is 5.56 Å². The lowest BCUT2D eigenvalue weighted by atomic mass is 9.50. The van der Waals surface area contributed by atoms with Crippen molar-refractivity contribution in [3.05, 3.63) is 35.4 Å². The van der Waals surface area contributed by atoms with Crippen LogP contribution in [0.4, 0.5) is 0 Å². The zero-order chi connectivity index (χ0) is 18.1. The molecule has 1 aromatic carbocycles. The van der Waals surface area contributed by atoms with Crippen LogP contribution in [0, 0.1) is 23.7 Å². The molecule has 4 aliphatic carbocycles. The molecule has 3 saturated carbocycles. The molecule has 0 aromatic heterocycles. The number of rotatable bonds is 3. The molecule has 1 unspecified atom stereocenters. The van der Waals surface area contributed by atoms with Crippen LogP contribution < -0.4 is 0 Å². The van der Waals surface area contributed by atoms with Crippen LogP contribution in [-0.4, -0.2) is 0 Å². The van der Waals surface area contributed by atoms with Crippen molar-refractivity contribution in [2.45, 2.75) is 108 Å². The van der Waals surface area contributed by atoms with E-state index in [1.165, 1.54) is 103 Å². The van der Waals surface area contributed by atoms with Crippen molar-refractivity contribution in [3.8, 4) is 0 Å². The molecule has 0 radical (unpaired) electrons. The fourth-order valence-electron chi connectivity index (χ4n) is 8.36. The summed E-state index contributed by atoms with van der Waals surface area (Å²) in [6.45, 7) is 0. The number of benzene rings is 1. The second-order valence-electron chi connectivity index (χ2n) is 10.5. The highest BCUT2D eigenvalue weighted by molar-refractivity contribution is 5.43. The monoisotopic (exact) mass is 364 g/mol. The standard InChI is InChI=1S/C27H40/c1-4-12-21(13-5-1)26-20-22-14-10-11-19-25(22)27(26,23-15-6-2-7-16-23)24-17-8-3-9-18-24/h10-11,14,19,21,23-24,26H,1-9,12-13,15-18,20H2. The quantitative estimate of drug-likeness (QED) is 0.512. The van der Waals surface area contributed by atoms with E-state index < -0.39 is 0 Å². The molecule has 0 amide bonds. The second-order valence-corrected chi connectivity index (χ2v) is 10.5. The van der Waals surface area contributed by atoms with Gasteiger partial charge in [-0.05, 0) is 66.9 Å². The third kappa shape index (κ3) is 3.10. The normalized spacial score (nSPS) is 30.3. The molecule has 0 spiro atoms. The van der Waals surface area contributed by atoms with Gasteiger partial charge in [-0.1, -0.05) is 94.9 Å². The van der Waals surface area contributed by atoms with E-state index in [2.05, 4.69) is 24.3 Å². The minimum atomic E-state index is 0.541. The zero-order valence-electron chi connectivity index (χ0n) is 17.4. The van der Waals surface area contributed by atoms with Gasteiger partial charge in [-0.3, -0.25) is 0 Å². The van der Waals surface area contributed by atoms with Crippen molar-refractivity contribution in [1.29, 1.82) is 0 Å². The molecule has 0 heterocycles. The van der Waals surface area contributed by atoms with E-state index in [0.717, 1.165) is 23.7 Å². The summed E-state index contributed by atoms with van der Waals surface area (Å²) in [6.07, 6.45) is 24.0. The lowest BCUT2D eigenvalue weighted by Gasteiger charge is -2.54. The Morgan fingerprint density at radius 3 is 1.70 bits per heavy atom. The highest BCUT2D eigenvalue weighted by Crippen LogP contribution is 2.62. The Kier molecular flexibility index (Phi) is 5.36. The predicted octanol–water partition coefficient (Wildman–Crippen LogP) is 7.84. The Balaban J connectivity index is 1.62. The molecule has 0 saturated heterocycles. The van der Waals surface area contributed by atoms with Crippen LogP contribution in [0.5, 0.6) is 0 Å². The summed E-state index contributed by atoms with van der Waals surface area (Å²) in [4.78, 5) is 0. The van der Waals surface area contributed by atoms with Gasteiger partial charge in [0.25, 0.3) is 0 Å². The van der Waals surface area contributed by atoms with E-state index in [0.29, 0.717) is 5.41 Å². The Bertz CT molecular complexity index is 593. The van der Waals surface area contributed by atoms with Gasteiger partial charge in [0.2, 0.25) is 0 Å². The average molecular weight is 365 g/mol. The van der Waals surface area contributed by atoms with E-state index in [4.69, 9.17) is 0 Å². The molecule has 1 atom stereocenters. The van der Waals surface area contributed by atoms with Crippen LogP contribution in [0.15, 0.2) is 24.3 Å². The van der Waals surface area contributed by atoms with Crippen LogP contribution in [-0.2, 0) is 11.8 Å². The van der Waals surface area contributed by atoms with Gasteiger partial charge in [-0.25, -0.2) is 0 Å². The summed E-state index contributed by atoms with van der Waals surface area (Å²) < 4.78 is 0. The van der Waals surface area contributed by atoms with Gasteiger partial charge in [-0.2, -0.15) is 0 Å². The van der Waals surface area contributed by atoms with Crippen molar-refractivity contribution >= 4 is 0 Å². The van der Waals surface area contributed by atoms with Crippen molar-refractivity contribution in [1.82, 2.24) is 0 Å². The number of hydrogen-bond donors (Lipinski definition) is 0. The van der Waals surface area contributed by atoms with Crippen molar-refractivity contribution < 1.29 is 0 Å². The minimum absolute atomic E-state index is 0.541. The van der Waals surface area contributed by atoms with Gasteiger partial charge in [0.05, 0.1) is 0 Å². The fraction of sp³-hybridized carbons (Fsp3) is 0.778. The first-order valence-electron chi connectivity index (χ1n) is 12.5. The highest BCUT2D eigenvalue weighted by Gasteiger charge is 2.57. The lowest BCUT2D eigenvalue weighted by molar-refractivity contribution is 0.0175. The summed E-state index contributed by atoms with van der Waals surface area (Å²) >= 11 is 0. The molecular weight excluding hydrogens is 324 g/mol. The first-order chi connectivity index (χ1) is 13.4. The maximum atomic E-state index is 2.60. The molecule has 148 valence electrons. The third-order valence-electron chi connectivity index (χ3n) is 9.32. The zero-order valence-corrected chi connectivity index (χ0v) is 17.4. The summed E-state index contributed by atoms with van der Waals surface area (Å²) in [7, 11) is 0. The Morgan fingerprint density at radius 2 is 1.11 bits per heavy atom. The number of fused-ring (bicyclic) bond motifs is 1. The maximum absolute atomic E-state index is 2.60. The molecule has 0 aliphatic heterocycles. The van der Waals surface area contributed by atoms with Gasteiger partial charge < -0.3 is 0 Å². The van der Waals surface area contributed by atoms with Crippen molar-refractivity contribution in [2.24, 2.45) is 23.7 Å². The van der Waals surface area contributed by atoms with Crippen LogP contribution in [0.25, 0.3) is 0 Å². The van der Waals surface area contributed by atoms with E-state index in [1.54, 1.807) is 5.56 Å². The first-order valence-corrected chi connectivity index (χ1v) is 12.5. The fourth-order valence-corrected chi connectivity index (χ4v) is 8.36. The van der Waals surface area contributed by atoms with Gasteiger partial charge >= 0.3 is 0 Å². The van der Waals surface area contributed by atoms with Crippen molar-refractivity contribution in [2.75, 3.05) is 0 Å². The molecule has 0 nitrogen and oxygen atoms in total. The molecule has 27 heavy (non-hydrogen) atoms. The Morgan fingerprint density at radius 1 is 0.593 bits per heavy atom. The first kappa shape index (κ1) is 18.3. The van der Waals surface area contributed by atoms with E-state index in [9.17, 15) is 0 Å². The smallest absolute Gasteiger partial charge is 0.00462 e. The Hall–Kier alpha value is -0.780. The third-order valence-corrected chi connectivity index (χ3v) is 9.32. The molecule has 1 aromatic rings. The summed E-state index contributed by atoms with van der Waals surface area (Å²) in [6, 6.07) is 9.82. The minimum Gasteiger partial charge on any atom is -0.0620 e. The van der Waals surface area contributed by atoms with Gasteiger partial charge in [-0.15, -0.1) is 0 Å². The van der Waals surface area contributed by atoms with Crippen LogP contribution in [0.2, 0.25) is 0 Å². The van der Waals surface area contributed by atoms with Crippen LogP contribution in [0.1, 0.15) is 107 Å². The predicted molar refractivity (Wildman–Crippen MR) is 115 cm³/mol. The average Bonchev–Trinajstić information content (AvgIpc) is 3.12. The number of hydrogen-bond acceptors (Lipinski definition) is 0. The molecule has 4 aliphatic rings. The van der Waals surface area contributed by atoms with Gasteiger partial charge in [0.15, 0.2) is 0 Å². The molecule has 5 rings (SSSR count). The van der Waals surface area contributed by atoms with Crippen LogP contribution >= 0.6 is 0 Å². The van der Waals surface area contributed by atoms with E-state index in [-0.39, 0.29) is 0 Å².